The highest BCUT2D eigenvalue weighted by molar-refractivity contribution is 5.95. The molecule has 152 valence electrons. The van der Waals surface area contributed by atoms with Crippen LogP contribution < -0.4 is 20.3 Å². The van der Waals surface area contributed by atoms with Crippen molar-refractivity contribution in [2.24, 2.45) is 5.92 Å². The third-order valence-corrected chi connectivity index (χ3v) is 5.59. The SMILES string of the molecule is COc1ccc(C(NC(=O)CNc2ccc(N3CCCC3=O)cc2)C2CC2)cc1. The van der Waals surface area contributed by atoms with Crippen LogP contribution in [0.4, 0.5) is 11.4 Å². The van der Waals surface area contributed by atoms with Crippen molar-refractivity contribution >= 4 is 23.2 Å². The summed E-state index contributed by atoms with van der Waals surface area (Å²) in [5.41, 5.74) is 2.89. The molecule has 0 spiro atoms. The molecule has 6 heteroatoms. The van der Waals surface area contributed by atoms with Gasteiger partial charge in [-0.05, 0) is 67.1 Å². The number of carbonyl (C=O) groups excluding carboxylic acids is 2. The predicted octanol–water partition coefficient (Wildman–Crippen LogP) is 3.50. The molecule has 1 aliphatic heterocycles. The lowest BCUT2D eigenvalue weighted by molar-refractivity contribution is -0.120. The standard InChI is InChI=1S/C23H27N3O3/c1-29-20-12-6-17(7-13-20)23(16-4-5-16)25-21(27)15-24-18-8-10-19(11-9-18)26-14-2-3-22(26)28/h6-13,16,23-24H,2-5,14-15H2,1H3,(H,25,27). The van der Waals surface area contributed by atoms with Gasteiger partial charge >= 0.3 is 0 Å². The molecule has 2 aromatic rings. The molecule has 2 N–H and O–H groups in total. The van der Waals surface area contributed by atoms with E-state index >= 15 is 0 Å². The Morgan fingerprint density at radius 3 is 2.45 bits per heavy atom. The molecule has 29 heavy (non-hydrogen) atoms. The Morgan fingerprint density at radius 1 is 1.14 bits per heavy atom. The Kier molecular flexibility index (Phi) is 5.69. The Bertz CT molecular complexity index is 860. The van der Waals surface area contributed by atoms with Crippen molar-refractivity contribution in [1.82, 2.24) is 5.32 Å². The first-order valence-electron chi connectivity index (χ1n) is 10.2. The number of benzene rings is 2. The van der Waals surface area contributed by atoms with E-state index in [2.05, 4.69) is 10.6 Å². The van der Waals surface area contributed by atoms with Gasteiger partial charge in [-0.15, -0.1) is 0 Å². The highest BCUT2D eigenvalue weighted by atomic mass is 16.5. The van der Waals surface area contributed by atoms with Gasteiger partial charge in [0.15, 0.2) is 0 Å². The molecular weight excluding hydrogens is 366 g/mol. The van der Waals surface area contributed by atoms with Crippen molar-refractivity contribution in [3.63, 3.8) is 0 Å². The lowest BCUT2D eigenvalue weighted by Crippen LogP contribution is -2.34. The molecule has 1 heterocycles. The zero-order valence-electron chi connectivity index (χ0n) is 16.7. The number of amides is 2. The first kappa shape index (κ1) is 19.3. The number of anilines is 2. The van der Waals surface area contributed by atoms with Crippen LogP contribution in [-0.4, -0.2) is 32.0 Å². The summed E-state index contributed by atoms with van der Waals surface area (Å²) in [6.07, 6.45) is 3.81. The number of ether oxygens (including phenoxy) is 1. The van der Waals surface area contributed by atoms with Gasteiger partial charge in [-0.25, -0.2) is 0 Å². The van der Waals surface area contributed by atoms with Gasteiger partial charge in [-0.3, -0.25) is 9.59 Å². The lowest BCUT2D eigenvalue weighted by Gasteiger charge is -2.20. The number of rotatable bonds is 8. The molecule has 4 rings (SSSR count). The molecule has 1 saturated carbocycles. The van der Waals surface area contributed by atoms with Gasteiger partial charge in [0.25, 0.3) is 0 Å². The highest BCUT2D eigenvalue weighted by Gasteiger charge is 2.33. The van der Waals surface area contributed by atoms with E-state index in [0.29, 0.717) is 12.3 Å². The summed E-state index contributed by atoms with van der Waals surface area (Å²) in [6, 6.07) is 15.6. The van der Waals surface area contributed by atoms with E-state index in [4.69, 9.17) is 4.74 Å². The van der Waals surface area contributed by atoms with Crippen molar-refractivity contribution in [2.75, 3.05) is 30.4 Å². The minimum absolute atomic E-state index is 0.0310. The second-order valence-corrected chi connectivity index (χ2v) is 7.71. The van der Waals surface area contributed by atoms with Gasteiger partial charge in [0.2, 0.25) is 11.8 Å². The summed E-state index contributed by atoms with van der Waals surface area (Å²) in [4.78, 5) is 26.2. The first-order chi connectivity index (χ1) is 14.1. The lowest BCUT2D eigenvalue weighted by atomic mass is 10.0. The molecule has 2 fully saturated rings. The molecule has 0 bridgehead atoms. The van der Waals surface area contributed by atoms with Crippen LogP contribution in [0.2, 0.25) is 0 Å². The molecule has 0 radical (unpaired) electrons. The van der Waals surface area contributed by atoms with Crippen LogP contribution in [0.5, 0.6) is 5.75 Å². The van der Waals surface area contributed by atoms with Gasteiger partial charge in [-0.2, -0.15) is 0 Å². The van der Waals surface area contributed by atoms with E-state index in [0.717, 1.165) is 48.5 Å². The van der Waals surface area contributed by atoms with E-state index < -0.39 is 0 Å². The molecular formula is C23H27N3O3. The molecule has 2 aliphatic rings. The van der Waals surface area contributed by atoms with Crippen LogP contribution in [0, 0.1) is 5.92 Å². The third-order valence-electron chi connectivity index (χ3n) is 5.59. The van der Waals surface area contributed by atoms with Gasteiger partial charge in [-0.1, -0.05) is 12.1 Å². The van der Waals surface area contributed by atoms with Crippen molar-refractivity contribution in [3.05, 3.63) is 54.1 Å². The Labute approximate surface area is 171 Å². The normalized spacial score (nSPS) is 17.1. The molecule has 1 aliphatic carbocycles. The Hall–Kier alpha value is -3.02. The second kappa shape index (κ2) is 8.55. The van der Waals surface area contributed by atoms with Crippen LogP contribution in [0.1, 0.15) is 37.3 Å². The monoisotopic (exact) mass is 393 g/mol. The Morgan fingerprint density at radius 2 is 1.86 bits per heavy atom. The third kappa shape index (κ3) is 4.70. The van der Waals surface area contributed by atoms with Gasteiger partial charge < -0.3 is 20.3 Å². The quantitative estimate of drug-likeness (QED) is 0.720. The summed E-state index contributed by atoms with van der Waals surface area (Å²) >= 11 is 0. The van der Waals surface area contributed by atoms with Crippen molar-refractivity contribution in [1.29, 1.82) is 0 Å². The van der Waals surface area contributed by atoms with E-state index in [1.807, 2.05) is 53.4 Å². The number of nitrogens with one attached hydrogen (secondary N) is 2. The smallest absolute Gasteiger partial charge is 0.239 e. The average Bonchev–Trinajstić information content (AvgIpc) is 3.51. The largest absolute Gasteiger partial charge is 0.497 e. The fourth-order valence-corrected chi connectivity index (χ4v) is 3.80. The predicted molar refractivity (Wildman–Crippen MR) is 113 cm³/mol. The zero-order valence-corrected chi connectivity index (χ0v) is 16.7. The highest BCUT2D eigenvalue weighted by Crippen LogP contribution is 2.41. The van der Waals surface area contributed by atoms with Crippen LogP contribution in [0.25, 0.3) is 0 Å². The molecule has 1 unspecified atom stereocenters. The van der Waals surface area contributed by atoms with E-state index in [1.165, 1.54) is 0 Å². The topological polar surface area (TPSA) is 70.7 Å². The molecule has 0 aromatic heterocycles. The van der Waals surface area contributed by atoms with Crippen molar-refractivity contribution < 1.29 is 14.3 Å². The summed E-state index contributed by atoms with van der Waals surface area (Å²) in [6.45, 7) is 0.989. The summed E-state index contributed by atoms with van der Waals surface area (Å²) < 4.78 is 5.22. The molecule has 2 aromatic carbocycles. The zero-order chi connectivity index (χ0) is 20.2. The van der Waals surface area contributed by atoms with Gasteiger partial charge in [0, 0.05) is 24.3 Å². The van der Waals surface area contributed by atoms with Crippen molar-refractivity contribution in [3.8, 4) is 5.75 Å². The number of carbonyl (C=O) groups is 2. The first-order valence-corrected chi connectivity index (χ1v) is 10.2. The fourth-order valence-electron chi connectivity index (χ4n) is 3.80. The van der Waals surface area contributed by atoms with Crippen molar-refractivity contribution in [2.45, 2.75) is 31.7 Å². The fraction of sp³-hybridized carbons (Fsp3) is 0.391. The summed E-state index contributed by atoms with van der Waals surface area (Å²) in [7, 11) is 1.65. The minimum Gasteiger partial charge on any atom is -0.497 e. The Balaban J connectivity index is 1.32. The summed E-state index contributed by atoms with van der Waals surface area (Å²) in [5, 5.41) is 6.34. The minimum atomic E-state index is -0.0310. The number of hydrogen-bond donors (Lipinski definition) is 2. The number of methoxy groups -OCH3 is 1. The van der Waals surface area contributed by atoms with Crippen LogP contribution >= 0.6 is 0 Å². The molecule has 1 saturated heterocycles. The van der Waals surface area contributed by atoms with Crippen LogP contribution in [-0.2, 0) is 9.59 Å². The van der Waals surface area contributed by atoms with Crippen LogP contribution in [0.15, 0.2) is 48.5 Å². The maximum absolute atomic E-state index is 12.5. The van der Waals surface area contributed by atoms with Crippen LogP contribution in [0.3, 0.4) is 0 Å². The maximum atomic E-state index is 12.5. The second-order valence-electron chi connectivity index (χ2n) is 7.71. The van der Waals surface area contributed by atoms with E-state index in [1.54, 1.807) is 7.11 Å². The number of nitrogens with zero attached hydrogens (tertiary/aromatic N) is 1. The average molecular weight is 393 g/mol. The molecule has 1 atom stereocenters. The van der Waals surface area contributed by atoms with E-state index in [-0.39, 0.29) is 24.4 Å². The van der Waals surface area contributed by atoms with Gasteiger partial charge in [0.1, 0.15) is 5.75 Å². The molecule has 6 nitrogen and oxygen atoms in total. The molecule has 2 amide bonds. The summed E-state index contributed by atoms with van der Waals surface area (Å²) in [5.74, 6) is 1.46. The van der Waals surface area contributed by atoms with Gasteiger partial charge in [0.05, 0.1) is 19.7 Å². The maximum Gasteiger partial charge on any atom is 0.239 e. The van der Waals surface area contributed by atoms with E-state index in [9.17, 15) is 9.59 Å². The number of hydrogen-bond acceptors (Lipinski definition) is 4.